The molecule has 2 fully saturated rings. The van der Waals surface area contributed by atoms with Crippen molar-refractivity contribution in [3.05, 3.63) is 30.1 Å². The van der Waals surface area contributed by atoms with Gasteiger partial charge in [-0.2, -0.15) is 0 Å². The maximum Gasteiger partial charge on any atom is 0.242 e. The van der Waals surface area contributed by atoms with Gasteiger partial charge >= 0.3 is 0 Å². The number of para-hydroxylation sites is 2. The lowest BCUT2D eigenvalue weighted by molar-refractivity contribution is -0.132. The van der Waals surface area contributed by atoms with Crippen molar-refractivity contribution >= 4 is 16.9 Å². The monoisotopic (exact) mass is 329 g/mol. The summed E-state index contributed by atoms with van der Waals surface area (Å²) in [6.07, 6.45) is 2.31. The smallest absolute Gasteiger partial charge is 0.242 e. The Kier molecular flexibility index (Phi) is 4.24. The largest absolute Gasteiger partial charge is 0.396 e. The van der Waals surface area contributed by atoms with Crippen LogP contribution >= 0.6 is 0 Å². The van der Waals surface area contributed by atoms with E-state index in [1.165, 1.54) is 0 Å². The van der Waals surface area contributed by atoms with Gasteiger partial charge in [0.1, 0.15) is 12.4 Å². The minimum Gasteiger partial charge on any atom is -0.396 e. The standard InChI is InChI=1S/C18H23N3O3/c22-11-13-9-20(7-8-24-12-13)17(23)10-21-16-4-2-1-3-15(16)19-18(21)14-5-6-14/h1-4,13-14,22H,5-12H2/t13-/m1/s1. The zero-order valence-corrected chi connectivity index (χ0v) is 13.7. The van der Waals surface area contributed by atoms with Crippen molar-refractivity contribution in [1.29, 1.82) is 0 Å². The molecule has 2 heterocycles. The number of aromatic nitrogens is 2. The number of rotatable bonds is 4. The Morgan fingerprint density at radius 3 is 2.96 bits per heavy atom. The molecule has 1 amide bonds. The Morgan fingerprint density at radius 2 is 2.17 bits per heavy atom. The van der Waals surface area contributed by atoms with Crippen molar-refractivity contribution in [2.24, 2.45) is 5.92 Å². The van der Waals surface area contributed by atoms with Gasteiger partial charge in [0.15, 0.2) is 0 Å². The van der Waals surface area contributed by atoms with Crippen LogP contribution in [0, 0.1) is 5.92 Å². The second-order valence-electron chi connectivity index (χ2n) is 6.78. The summed E-state index contributed by atoms with van der Waals surface area (Å²) in [5.74, 6) is 1.60. The first kappa shape index (κ1) is 15.6. The SMILES string of the molecule is O=C(Cn1c(C2CC2)nc2ccccc21)N1CCOC[C@@H](CO)C1. The van der Waals surface area contributed by atoms with E-state index in [-0.39, 0.29) is 18.4 Å². The number of aliphatic hydroxyl groups is 1. The minimum atomic E-state index is -0.00103. The van der Waals surface area contributed by atoms with Crippen molar-refractivity contribution < 1.29 is 14.6 Å². The first-order valence-electron chi connectivity index (χ1n) is 8.68. The third-order valence-corrected chi connectivity index (χ3v) is 4.87. The van der Waals surface area contributed by atoms with Crippen LogP contribution in [0.5, 0.6) is 0 Å². The fourth-order valence-corrected chi connectivity index (χ4v) is 3.37. The van der Waals surface area contributed by atoms with Crippen LogP contribution in [0.4, 0.5) is 0 Å². The number of nitrogens with zero attached hydrogens (tertiary/aromatic N) is 3. The second-order valence-corrected chi connectivity index (χ2v) is 6.78. The number of hydrogen-bond acceptors (Lipinski definition) is 4. The second kappa shape index (κ2) is 6.53. The lowest BCUT2D eigenvalue weighted by atomic mass is 10.1. The molecule has 0 radical (unpaired) electrons. The van der Waals surface area contributed by atoms with Crippen molar-refractivity contribution in [3.8, 4) is 0 Å². The lowest BCUT2D eigenvalue weighted by Crippen LogP contribution is -2.39. The topological polar surface area (TPSA) is 67.6 Å². The molecule has 4 rings (SSSR count). The summed E-state index contributed by atoms with van der Waals surface area (Å²) in [4.78, 5) is 19.4. The van der Waals surface area contributed by atoms with Gasteiger partial charge < -0.3 is 19.3 Å². The molecule has 2 aliphatic rings. The van der Waals surface area contributed by atoms with Crippen molar-refractivity contribution in [3.63, 3.8) is 0 Å². The van der Waals surface area contributed by atoms with Crippen molar-refractivity contribution in [1.82, 2.24) is 14.5 Å². The average Bonchev–Trinajstić information content (AvgIpc) is 3.41. The summed E-state index contributed by atoms with van der Waals surface area (Å²) in [5.41, 5.74) is 1.98. The molecule has 0 unspecified atom stereocenters. The number of aliphatic hydroxyl groups excluding tert-OH is 1. The molecular formula is C18H23N3O3. The molecule has 1 saturated heterocycles. The number of hydrogen-bond donors (Lipinski definition) is 1. The fraction of sp³-hybridized carbons (Fsp3) is 0.556. The summed E-state index contributed by atoms with van der Waals surface area (Å²) >= 11 is 0. The van der Waals surface area contributed by atoms with Gasteiger partial charge in [0.25, 0.3) is 0 Å². The maximum atomic E-state index is 12.9. The van der Waals surface area contributed by atoms with Crippen LogP contribution in [0.2, 0.25) is 0 Å². The van der Waals surface area contributed by atoms with E-state index in [9.17, 15) is 9.90 Å². The zero-order valence-electron chi connectivity index (χ0n) is 13.7. The number of benzene rings is 1. The Morgan fingerprint density at radius 1 is 1.33 bits per heavy atom. The molecule has 1 aromatic heterocycles. The van der Waals surface area contributed by atoms with E-state index < -0.39 is 0 Å². The molecule has 2 aromatic rings. The molecule has 6 heteroatoms. The van der Waals surface area contributed by atoms with Gasteiger partial charge in [-0.25, -0.2) is 4.98 Å². The summed E-state index contributed by atoms with van der Waals surface area (Å²) in [6.45, 7) is 2.54. The summed E-state index contributed by atoms with van der Waals surface area (Å²) in [6, 6.07) is 8.01. The Hall–Kier alpha value is -1.92. The highest BCUT2D eigenvalue weighted by Gasteiger charge is 2.31. The number of carbonyl (C=O) groups is 1. The normalized spacial score (nSPS) is 21.9. The minimum absolute atomic E-state index is 0.00103. The predicted molar refractivity (Wildman–Crippen MR) is 89.7 cm³/mol. The van der Waals surface area contributed by atoms with Gasteiger partial charge in [0, 0.05) is 31.5 Å². The number of imidazole rings is 1. The zero-order chi connectivity index (χ0) is 16.5. The van der Waals surface area contributed by atoms with Gasteiger partial charge in [-0.3, -0.25) is 4.79 Å². The Labute approximate surface area is 141 Å². The van der Waals surface area contributed by atoms with E-state index in [0.29, 0.717) is 38.8 Å². The van der Waals surface area contributed by atoms with Crippen LogP contribution in [0.1, 0.15) is 24.6 Å². The third kappa shape index (κ3) is 3.03. The molecule has 6 nitrogen and oxygen atoms in total. The lowest BCUT2D eigenvalue weighted by Gasteiger charge is -2.23. The molecule has 1 aromatic carbocycles. The highest BCUT2D eigenvalue weighted by atomic mass is 16.5. The number of fused-ring (bicyclic) bond motifs is 1. The summed E-state index contributed by atoms with van der Waals surface area (Å²) in [5, 5.41) is 9.41. The molecule has 0 spiro atoms. The highest BCUT2D eigenvalue weighted by Crippen LogP contribution is 2.40. The van der Waals surface area contributed by atoms with Crippen LogP contribution in [0.3, 0.4) is 0 Å². The Bertz CT molecular complexity index is 738. The maximum absolute atomic E-state index is 12.9. The van der Waals surface area contributed by atoms with Gasteiger partial charge in [-0.15, -0.1) is 0 Å². The van der Waals surface area contributed by atoms with E-state index in [1.807, 2.05) is 29.2 Å². The molecule has 1 aliphatic carbocycles. The molecule has 128 valence electrons. The molecule has 1 atom stereocenters. The Balaban J connectivity index is 1.59. The first-order valence-corrected chi connectivity index (χ1v) is 8.68. The van der Waals surface area contributed by atoms with E-state index in [2.05, 4.69) is 4.57 Å². The van der Waals surface area contributed by atoms with Crippen LogP contribution in [0.15, 0.2) is 24.3 Å². The van der Waals surface area contributed by atoms with Gasteiger partial charge in [0.05, 0.1) is 24.2 Å². The van der Waals surface area contributed by atoms with Crippen LogP contribution in [-0.2, 0) is 16.1 Å². The van der Waals surface area contributed by atoms with Crippen LogP contribution < -0.4 is 0 Å². The number of carbonyl (C=O) groups excluding carboxylic acids is 1. The average molecular weight is 329 g/mol. The van der Waals surface area contributed by atoms with Crippen LogP contribution in [0.25, 0.3) is 11.0 Å². The fourth-order valence-electron chi connectivity index (χ4n) is 3.37. The summed E-state index contributed by atoms with van der Waals surface area (Å²) in [7, 11) is 0. The number of amides is 1. The van der Waals surface area contributed by atoms with E-state index in [1.54, 1.807) is 0 Å². The van der Waals surface area contributed by atoms with Gasteiger partial charge in [-0.1, -0.05) is 12.1 Å². The van der Waals surface area contributed by atoms with Crippen molar-refractivity contribution in [2.75, 3.05) is 32.9 Å². The van der Waals surface area contributed by atoms with Crippen molar-refractivity contribution in [2.45, 2.75) is 25.3 Å². The van der Waals surface area contributed by atoms with Crippen LogP contribution in [-0.4, -0.2) is 58.4 Å². The molecular weight excluding hydrogens is 306 g/mol. The highest BCUT2D eigenvalue weighted by molar-refractivity contribution is 5.81. The quantitative estimate of drug-likeness (QED) is 0.920. The van der Waals surface area contributed by atoms with E-state index >= 15 is 0 Å². The third-order valence-electron chi connectivity index (χ3n) is 4.87. The van der Waals surface area contributed by atoms with Gasteiger partial charge in [-0.05, 0) is 25.0 Å². The number of ether oxygens (including phenoxy) is 1. The van der Waals surface area contributed by atoms with Gasteiger partial charge in [0.2, 0.25) is 5.91 Å². The predicted octanol–water partition coefficient (Wildman–Crippen LogP) is 1.38. The summed E-state index contributed by atoms with van der Waals surface area (Å²) < 4.78 is 7.56. The van der Waals surface area contributed by atoms with E-state index in [0.717, 1.165) is 29.7 Å². The molecule has 1 aliphatic heterocycles. The molecule has 24 heavy (non-hydrogen) atoms. The first-order chi connectivity index (χ1) is 11.8. The molecule has 1 saturated carbocycles. The molecule has 1 N–H and O–H groups in total. The molecule has 0 bridgehead atoms. The van der Waals surface area contributed by atoms with E-state index in [4.69, 9.17) is 9.72 Å².